The highest BCUT2D eigenvalue weighted by Gasteiger charge is 2.36. The van der Waals surface area contributed by atoms with E-state index in [1.165, 1.54) is 4.88 Å². The van der Waals surface area contributed by atoms with Gasteiger partial charge in [-0.25, -0.2) is 0 Å². The first kappa shape index (κ1) is 17.4. The molecule has 0 atom stereocenters. The fourth-order valence-electron chi connectivity index (χ4n) is 2.67. The Bertz CT molecular complexity index is 525. The molecule has 2 heterocycles. The molecule has 1 aliphatic rings. The Kier molecular flexibility index (Phi) is 6.40. The van der Waals surface area contributed by atoms with Crippen molar-refractivity contribution in [3.05, 3.63) is 20.8 Å². The molecule has 1 aromatic rings. The number of carboxylic acid groups (broad SMARTS) is 1. The maximum Gasteiger partial charge on any atom is 0.305 e. The van der Waals surface area contributed by atoms with E-state index in [2.05, 4.69) is 27.3 Å². The third-order valence-corrected chi connectivity index (χ3v) is 5.48. The van der Waals surface area contributed by atoms with Crippen LogP contribution in [0.2, 0.25) is 0 Å². The van der Waals surface area contributed by atoms with Gasteiger partial charge in [-0.1, -0.05) is 0 Å². The van der Waals surface area contributed by atoms with Crippen LogP contribution in [0.25, 0.3) is 0 Å². The smallest absolute Gasteiger partial charge is 0.305 e. The maximum atomic E-state index is 12.1. The van der Waals surface area contributed by atoms with Crippen LogP contribution in [0.15, 0.2) is 15.9 Å². The number of amides is 1. The Labute approximate surface area is 142 Å². The van der Waals surface area contributed by atoms with Gasteiger partial charge in [0.2, 0.25) is 5.91 Å². The first-order valence-electron chi connectivity index (χ1n) is 7.34. The quantitative estimate of drug-likeness (QED) is 0.751. The lowest BCUT2D eigenvalue weighted by Crippen LogP contribution is -2.53. The van der Waals surface area contributed by atoms with Crippen molar-refractivity contribution in [2.45, 2.75) is 44.1 Å². The van der Waals surface area contributed by atoms with Gasteiger partial charge in [-0.2, -0.15) is 0 Å². The van der Waals surface area contributed by atoms with E-state index in [9.17, 15) is 9.59 Å². The number of nitrogens with one attached hydrogen (secondary N) is 1. The summed E-state index contributed by atoms with van der Waals surface area (Å²) in [5.41, 5.74) is -0.646. The number of rotatable bonds is 7. The third-order valence-electron chi connectivity index (χ3n) is 3.80. The molecule has 0 saturated carbocycles. The summed E-state index contributed by atoms with van der Waals surface area (Å²) in [6.45, 7) is 0.994. The first-order valence-corrected chi connectivity index (χ1v) is 8.95. The number of carbonyl (C=O) groups excluding carboxylic acids is 1. The Morgan fingerprint density at radius 2 is 2.09 bits per heavy atom. The van der Waals surface area contributed by atoms with Crippen LogP contribution in [0, 0.1) is 0 Å². The van der Waals surface area contributed by atoms with Gasteiger partial charge < -0.3 is 15.2 Å². The molecule has 1 saturated heterocycles. The second kappa shape index (κ2) is 8.08. The maximum absolute atomic E-state index is 12.1. The lowest BCUT2D eigenvalue weighted by atomic mass is 9.86. The van der Waals surface area contributed by atoms with Crippen molar-refractivity contribution in [2.75, 3.05) is 13.2 Å². The average molecular weight is 390 g/mol. The van der Waals surface area contributed by atoms with Crippen LogP contribution in [0.1, 0.15) is 37.0 Å². The molecule has 2 rings (SSSR count). The van der Waals surface area contributed by atoms with Gasteiger partial charge in [0.15, 0.2) is 0 Å². The van der Waals surface area contributed by atoms with E-state index in [-0.39, 0.29) is 12.3 Å². The van der Waals surface area contributed by atoms with E-state index < -0.39 is 11.5 Å². The molecule has 22 heavy (non-hydrogen) atoms. The molecule has 0 aliphatic carbocycles. The number of hydrogen-bond acceptors (Lipinski definition) is 4. The van der Waals surface area contributed by atoms with Crippen LogP contribution >= 0.6 is 27.3 Å². The van der Waals surface area contributed by atoms with Crippen LogP contribution in [-0.2, 0) is 20.7 Å². The molecule has 1 amide bonds. The van der Waals surface area contributed by atoms with Crippen molar-refractivity contribution in [3.63, 3.8) is 0 Å². The molecule has 7 heteroatoms. The summed E-state index contributed by atoms with van der Waals surface area (Å²) in [5.74, 6) is -0.954. The second-order valence-electron chi connectivity index (χ2n) is 5.57. The lowest BCUT2D eigenvalue weighted by Gasteiger charge is -2.36. The monoisotopic (exact) mass is 389 g/mol. The summed E-state index contributed by atoms with van der Waals surface area (Å²) in [7, 11) is 0. The van der Waals surface area contributed by atoms with Crippen molar-refractivity contribution < 1.29 is 19.4 Å². The van der Waals surface area contributed by atoms with E-state index >= 15 is 0 Å². The van der Waals surface area contributed by atoms with Crippen LogP contribution in [0.4, 0.5) is 0 Å². The van der Waals surface area contributed by atoms with E-state index in [4.69, 9.17) is 9.84 Å². The van der Waals surface area contributed by atoms with Gasteiger partial charge in [-0.3, -0.25) is 9.59 Å². The summed E-state index contributed by atoms with van der Waals surface area (Å²) in [4.78, 5) is 24.4. The Balaban J connectivity index is 1.81. The minimum atomic E-state index is -0.884. The number of ether oxygens (including phenoxy) is 1. The number of carboxylic acids is 1. The fraction of sp³-hybridized carbons (Fsp3) is 0.600. The molecule has 5 nitrogen and oxygen atoms in total. The number of halogens is 1. The van der Waals surface area contributed by atoms with Crippen molar-refractivity contribution in [1.82, 2.24) is 5.32 Å². The Morgan fingerprint density at radius 1 is 1.36 bits per heavy atom. The van der Waals surface area contributed by atoms with Gasteiger partial charge in [0.1, 0.15) is 0 Å². The highest BCUT2D eigenvalue weighted by atomic mass is 79.9. The zero-order valence-corrected chi connectivity index (χ0v) is 14.7. The van der Waals surface area contributed by atoms with Crippen molar-refractivity contribution in [3.8, 4) is 0 Å². The molecule has 122 valence electrons. The van der Waals surface area contributed by atoms with Crippen LogP contribution < -0.4 is 5.32 Å². The number of aryl methyl sites for hydroxylation is 1. The standard InChI is InChI=1S/C15H20BrNO4S/c16-12-5-4-11(22-12)2-1-3-13(18)17-15(10-14(19)20)6-8-21-9-7-15/h4-5H,1-3,6-10H2,(H,17,18)(H,19,20). The molecule has 1 aromatic heterocycles. The summed E-state index contributed by atoms with van der Waals surface area (Å²) in [6.07, 6.45) is 3.11. The number of thiophene rings is 1. The average Bonchev–Trinajstić information content (AvgIpc) is 2.84. The van der Waals surface area contributed by atoms with Gasteiger partial charge in [0.05, 0.1) is 15.7 Å². The number of hydrogen-bond donors (Lipinski definition) is 2. The van der Waals surface area contributed by atoms with E-state index in [1.54, 1.807) is 11.3 Å². The van der Waals surface area contributed by atoms with Crippen molar-refractivity contribution >= 4 is 39.1 Å². The normalized spacial score (nSPS) is 17.1. The van der Waals surface area contributed by atoms with Crippen LogP contribution in [-0.4, -0.2) is 35.7 Å². The van der Waals surface area contributed by atoms with E-state index in [0.717, 1.165) is 16.6 Å². The SMILES string of the molecule is O=C(O)CC1(NC(=O)CCCc2ccc(Br)s2)CCOCC1. The topological polar surface area (TPSA) is 75.6 Å². The number of carbonyl (C=O) groups is 2. The third kappa shape index (κ3) is 5.37. The summed E-state index contributed by atoms with van der Waals surface area (Å²) >= 11 is 5.09. The van der Waals surface area contributed by atoms with Gasteiger partial charge in [0, 0.05) is 24.5 Å². The molecule has 0 radical (unpaired) electrons. The minimum Gasteiger partial charge on any atom is -0.481 e. The molecule has 1 fully saturated rings. The fourth-order valence-corrected chi connectivity index (χ4v) is 4.19. The highest BCUT2D eigenvalue weighted by Crippen LogP contribution is 2.26. The largest absolute Gasteiger partial charge is 0.481 e. The Morgan fingerprint density at radius 3 is 2.68 bits per heavy atom. The molecule has 2 N–H and O–H groups in total. The minimum absolute atomic E-state index is 0.0417. The van der Waals surface area contributed by atoms with Crippen LogP contribution in [0.3, 0.4) is 0 Å². The number of aliphatic carboxylic acids is 1. The Hall–Kier alpha value is -0.920. The predicted octanol–water partition coefficient (Wildman–Crippen LogP) is 2.97. The summed E-state index contributed by atoms with van der Waals surface area (Å²) < 4.78 is 6.37. The molecule has 0 aromatic carbocycles. The molecule has 0 unspecified atom stereocenters. The van der Waals surface area contributed by atoms with Crippen molar-refractivity contribution in [2.24, 2.45) is 0 Å². The highest BCUT2D eigenvalue weighted by molar-refractivity contribution is 9.11. The van der Waals surface area contributed by atoms with Gasteiger partial charge in [-0.15, -0.1) is 11.3 Å². The molecular formula is C15H20BrNO4S. The summed E-state index contributed by atoms with van der Waals surface area (Å²) in [5, 5.41) is 12.0. The first-order chi connectivity index (χ1) is 10.5. The molecule has 1 aliphatic heterocycles. The molecular weight excluding hydrogens is 370 g/mol. The zero-order chi connectivity index (χ0) is 16.0. The van der Waals surface area contributed by atoms with Gasteiger partial charge >= 0.3 is 5.97 Å². The molecule has 0 bridgehead atoms. The zero-order valence-electron chi connectivity index (χ0n) is 12.3. The van der Waals surface area contributed by atoms with E-state index in [0.29, 0.717) is 32.5 Å². The molecule has 0 spiro atoms. The lowest BCUT2D eigenvalue weighted by molar-refractivity contribution is -0.140. The van der Waals surface area contributed by atoms with Gasteiger partial charge in [0.25, 0.3) is 0 Å². The van der Waals surface area contributed by atoms with Crippen molar-refractivity contribution in [1.29, 1.82) is 0 Å². The van der Waals surface area contributed by atoms with Crippen LogP contribution in [0.5, 0.6) is 0 Å². The predicted molar refractivity (Wildman–Crippen MR) is 88.1 cm³/mol. The van der Waals surface area contributed by atoms with Gasteiger partial charge in [-0.05, 0) is 53.7 Å². The van der Waals surface area contributed by atoms with E-state index in [1.807, 2.05) is 6.07 Å². The summed E-state index contributed by atoms with van der Waals surface area (Å²) in [6, 6.07) is 4.06. The second-order valence-corrected chi connectivity index (χ2v) is 8.12.